The van der Waals surface area contributed by atoms with Gasteiger partial charge in [0.05, 0.1) is 6.42 Å². The Morgan fingerprint density at radius 3 is 2.91 bits per heavy atom. The molecule has 0 aromatic carbocycles. The number of hydrogen-bond donors (Lipinski definition) is 1. The summed E-state index contributed by atoms with van der Waals surface area (Å²) in [6.45, 7) is 1.02. The van der Waals surface area contributed by atoms with Crippen LogP contribution in [0.3, 0.4) is 0 Å². The van der Waals surface area contributed by atoms with E-state index in [4.69, 9.17) is 5.11 Å². The summed E-state index contributed by atoms with van der Waals surface area (Å²) in [6, 6.07) is 0.242. The molecule has 4 heteroatoms. The van der Waals surface area contributed by atoms with Crippen molar-refractivity contribution in [1.29, 1.82) is 0 Å². The molecule has 2 unspecified atom stereocenters. The van der Waals surface area contributed by atoms with Crippen molar-refractivity contribution in [3.8, 4) is 0 Å². The topological polar surface area (TPSA) is 40.5 Å². The largest absolute Gasteiger partial charge is 0.481 e. The molecule has 3 nitrogen and oxygen atoms in total. The predicted octanol–water partition coefficient (Wildman–Crippen LogP) is 1.11. The molecule has 0 spiro atoms. The van der Waals surface area contributed by atoms with Gasteiger partial charge in [-0.05, 0) is 12.8 Å². The highest BCUT2D eigenvalue weighted by molar-refractivity contribution is 7.13. The van der Waals surface area contributed by atoms with Crippen molar-refractivity contribution in [2.45, 2.75) is 31.7 Å². The SMILES string of the molecule is O=C(O)CC1CCCCN1P. The third kappa shape index (κ3) is 2.76. The van der Waals surface area contributed by atoms with E-state index >= 15 is 0 Å². The van der Waals surface area contributed by atoms with Gasteiger partial charge in [-0.2, -0.15) is 0 Å². The molecule has 0 bridgehead atoms. The van der Waals surface area contributed by atoms with E-state index in [1.165, 1.54) is 12.8 Å². The van der Waals surface area contributed by atoms with Crippen LogP contribution in [-0.4, -0.2) is 28.3 Å². The van der Waals surface area contributed by atoms with E-state index in [0.717, 1.165) is 13.0 Å². The Bertz CT molecular complexity index is 151. The van der Waals surface area contributed by atoms with Crippen LogP contribution in [0.15, 0.2) is 0 Å². The highest BCUT2D eigenvalue weighted by Gasteiger charge is 2.20. The van der Waals surface area contributed by atoms with Gasteiger partial charge in [0.1, 0.15) is 0 Å². The van der Waals surface area contributed by atoms with Gasteiger partial charge >= 0.3 is 5.97 Å². The van der Waals surface area contributed by atoms with Gasteiger partial charge in [0.25, 0.3) is 0 Å². The molecule has 1 fully saturated rings. The van der Waals surface area contributed by atoms with Gasteiger partial charge < -0.3 is 5.11 Å². The van der Waals surface area contributed by atoms with Gasteiger partial charge in [0.15, 0.2) is 0 Å². The second kappa shape index (κ2) is 4.03. The predicted molar refractivity (Wildman–Crippen MR) is 46.3 cm³/mol. The van der Waals surface area contributed by atoms with E-state index in [2.05, 4.69) is 14.1 Å². The molecule has 2 atom stereocenters. The highest BCUT2D eigenvalue weighted by Crippen LogP contribution is 2.22. The zero-order valence-electron chi connectivity index (χ0n) is 6.49. The van der Waals surface area contributed by atoms with Crippen molar-refractivity contribution in [1.82, 2.24) is 4.67 Å². The molecule has 0 aliphatic carbocycles. The summed E-state index contributed by atoms with van der Waals surface area (Å²) in [5.74, 6) is -0.690. The van der Waals surface area contributed by atoms with Gasteiger partial charge in [0.2, 0.25) is 0 Å². The molecular weight excluding hydrogens is 161 g/mol. The Balaban J connectivity index is 2.35. The fraction of sp³-hybridized carbons (Fsp3) is 0.857. The fourth-order valence-electron chi connectivity index (χ4n) is 1.44. The molecule has 1 aliphatic heterocycles. The summed E-state index contributed by atoms with van der Waals surface area (Å²) >= 11 is 0. The highest BCUT2D eigenvalue weighted by atomic mass is 31.0. The summed E-state index contributed by atoms with van der Waals surface area (Å²) in [5.41, 5.74) is 0. The number of carboxylic acids is 1. The first kappa shape index (κ1) is 8.95. The quantitative estimate of drug-likeness (QED) is 0.639. The van der Waals surface area contributed by atoms with Gasteiger partial charge in [-0.25, -0.2) is 0 Å². The zero-order chi connectivity index (χ0) is 8.27. The molecule has 1 N–H and O–H groups in total. The van der Waals surface area contributed by atoms with Gasteiger partial charge in [-0.1, -0.05) is 15.8 Å². The molecule has 0 amide bonds. The lowest BCUT2D eigenvalue weighted by Gasteiger charge is -2.30. The van der Waals surface area contributed by atoms with E-state index in [9.17, 15) is 4.79 Å². The van der Waals surface area contributed by atoms with Crippen molar-refractivity contribution in [3.63, 3.8) is 0 Å². The maximum atomic E-state index is 10.4. The second-order valence-electron chi connectivity index (χ2n) is 2.99. The maximum Gasteiger partial charge on any atom is 0.304 e. The molecule has 1 heterocycles. The standard InChI is InChI=1S/C7H14NO2P/c9-7(10)5-6-3-1-2-4-8(6)11/h6H,1-5,11H2,(H,9,10). The third-order valence-electron chi connectivity index (χ3n) is 2.08. The Morgan fingerprint density at radius 1 is 1.64 bits per heavy atom. The van der Waals surface area contributed by atoms with Crippen LogP contribution in [-0.2, 0) is 4.79 Å². The first-order chi connectivity index (χ1) is 5.20. The summed E-state index contributed by atoms with van der Waals surface area (Å²) in [6.07, 6.45) is 3.67. The van der Waals surface area contributed by atoms with Crippen LogP contribution in [0.1, 0.15) is 25.7 Å². The monoisotopic (exact) mass is 175 g/mol. The van der Waals surface area contributed by atoms with Gasteiger partial charge in [0, 0.05) is 12.6 Å². The summed E-state index contributed by atoms with van der Waals surface area (Å²) in [7, 11) is 2.61. The minimum atomic E-state index is -0.690. The van der Waals surface area contributed by atoms with E-state index in [-0.39, 0.29) is 12.5 Å². The smallest absolute Gasteiger partial charge is 0.304 e. The maximum absolute atomic E-state index is 10.4. The molecular formula is C7H14NO2P. The lowest BCUT2D eigenvalue weighted by molar-refractivity contribution is -0.138. The zero-order valence-corrected chi connectivity index (χ0v) is 7.65. The number of aliphatic carboxylic acids is 1. The van der Waals surface area contributed by atoms with Crippen LogP contribution in [0, 0.1) is 0 Å². The average Bonchev–Trinajstić information content (AvgIpc) is 1.93. The first-order valence-electron chi connectivity index (χ1n) is 3.93. The average molecular weight is 175 g/mol. The van der Waals surface area contributed by atoms with Crippen LogP contribution in [0.5, 0.6) is 0 Å². The van der Waals surface area contributed by atoms with Crippen molar-refractivity contribution >= 4 is 15.4 Å². The number of hydrogen-bond acceptors (Lipinski definition) is 2. The minimum Gasteiger partial charge on any atom is -0.481 e. The minimum absolute atomic E-state index is 0.242. The summed E-state index contributed by atoms with van der Waals surface area (Å²) in [5, 5.41) is 8.55. The van der Waals surface area contributed by atoms with E-state index in [1.807, 2.05) is 0 Å². The van der Waals surface area contributed by atoms with E-state index < -0.39 is 5.97 Å². The van der Waals surface area contributed by atoms with Crippen molar-refractivity contribution in [2.75, 3.05) is 6.54 Å². The van der Waals surface area contributed by atoms with Crippen LogP contribution < -0.4 is 0 Å². The van der Waals surface area contributed by atoms with Crippen LogP contribution in [0.4, 0.5) is 0 Å². The van der Waals surface area contributed by atoms with Crippen molar-refractivity contribution in [3.05, 3.63) is 0 Å². The molecule has 11 heavy (non-hydrogen) atoms. The second-order valence-corrected chi connectivity index (χ2v) is 3.65. The number of nitrogens with zero attached hydrogens (tertiary/aromatic N) is 1. The van der Waals surface area contributed by atoms with Crippen LogP contribution in [0.2, 0.25) is 0 Å². The van der Waals surface area contributed by atoms with Crippen LogP contribution in [0.25, 0.3) is 0 Å². The molecule has 1 rings (SSSR count). The van der Waals surface area contributed by atoms with E-state index in [0.29, 0.717) is 0 Å². The number of carboxylic acid groups (broad SMARTS) is 1. The number of carbonyl (C=O) groups is 1. The fourth-order valence-corrected chi connectivity index (χ4v) is 1.88. The Labute approximate surface area is 69.0 Å². The molecule has 0 radical (unpaired) electrons. The molecule has 0 aromatic heterocycles. The molecule has 1 aliphatic rings. The number of rotatable bonds is 2. The first-order valence-corrected chi connectivity index (χ1v) is 4.45. The summed E-state index contributed by atoms with van der Waals surface area (Å²) < 4.78 is 2.07. The lowest BCUT2D eigenvalue weighted by Crippen LogP contribution is -2.33. The van der Waals surface area contributed by atoms with Crippen LogP contribution >= 0.6 is 9.39 Å². The molecule has 0 aromatic rings. The molecule has 1 saturated heterocycles. The van der Waals surface area contributed by atoms with E-state index in [1.54, 1.807) is 0 Å². The Morgan fingerprint density at radius 2 is 2.36 bits per heavy atom. The van der Waals surface area contributed by atoms with Gasteiger partial charge in [-0.15, -0.1) is 0 Å². The Hall–Kier alpha value is -0.140. The molecule has 64 valence electrons. The van der Waals surface area contributed by atoms with Crippen molar-refractivity contribution < 1.29 is 9.90 Å². The number of piperidine rings is 1. The summed E-state index contributed by atoms with van der Waals surface area (Å²) in [4.78, 5) is 10.4. The Kier molecular flexibility index (Phi) is 3.28. The normalized spacial score (nSPS) is 26.8. The molecule has 0 saturated carbocycles. The van der Waals surface area contributed by atoms with Gasteiger partial charge in [-0.3, -0.25) is 9.46 Å². The van der Waals surface area contributed by atoms with Crippen molar-refractivity contribution in [2.24, 2.45) is 0 Å². The third-order valence-corrected chi connectivity index (χ3v) is 2.76. The lowest BCUT2D eigenvalue weighted by atomic mass is 10.0.